The molecule has 2 saturated heterocycles. The molecule has 2 saturated carbocycles. The molecule has 2 aliphatic carbocycles. The van der Waals surface area contributed by atoms with Crippen LogP contribution in [-0.4, -0.2) is 47.8 Å². The van der Waals surface area contributed by atoms with E-state index in [-0.39, 0.29) is 25.0 Å². The van der Waals surface area contributed by atoms with Crippen molar-refractivity contribution in [3.8, 4) is 0 Å². The molecule has 0 spiro atoms. The number of hydrogen-bond acceptors (Lipinski definition) is 6. The molecule has 5 rings (SSSR count). The van der Waals surface area contributed by atoms with Gasteiger partial charge in [0, 0.05) is 0 Å². The van der Waals surface area contributed by atoms with Crippen LogP contribution in [0.2, 0.25) is 0 Å². The fourth-order valence-corrected chi connectivity index (χ4v) is 10.2. The summed E-state index contributed by atoms with van der Waals surface area (Å²) >= 11 is 0. The molecule has 6 unspecified atom stereocenters. The number of hydrogen-bond donors (Lipinski definition) is 2. The summed E-state index contributed by atoms with van der Waals surface area (Å²) in [5, 5.41) is 47.8. The quantitative estimate of drug-likeness (QED) is 0.303. The zero-order chi connectivity index (χ0) is 32.8. The minimum absolute atomic E-state index is 0.0874. The number of rotatable bonds is 12. The summed E-state index contributed by atoms with van der Waals surface area (Å²) < 4.78 is 12.4. The van der Waals surface area contributed by atoms with Crippen LogP contribution < -0.4 is 10.2 Å². The van der Waals surface area contributed by atoms with E-state index in [1.54, 1.807) is 0 Å². The van der Waals surface area contributed by atoms with Crippen molar-refractivity contribution in [2.24, 2.45) is 47.3 Å². The van der Waals surface area contributed by atoms with Crippen LogP contribution in [0.4, 0.5) is 0 Å². The van der Waals surface area contributed by atoms with Crippen LogP contribution in [0.3, 0.4) is 0 Å². The molecule has 1 aromatic rings. The third-order valence-corrected chi connectivity index (χ3v) is 13.4. The van der Waals surface area contributed by atoms with E-state index in [0.29, 0.717) is 73.4 Å². The highest BCUT2D eigenvalue weighted by Gasteiger charge is 2.39. The van der Waals surface area contributed by atoms with E-state index in [4.69, 9.17) is 9.47 Å². The summed E-state index contributed by atoms with van der Waals surface area (Å²) in [6.07, 6.45) is 13.6. The smallest absolute Gasteiger partial charge is 0.0685 e. The van der Waals surface area contributed by atoms with Gasteiger partial charge in [0.2, 0.25) is 0 Å². The van der Waals surface area contributed by atoms with Gasteiger partial charge in [0.05, 0.1) is 38.6 Å². The van der Waals surface area contributed by atoms with E-state index in [1.165, 1.54) is 38.5 Å². The molecule has 0 aromatic heterocycles. The fraction of sp³-hybridized carbons (Fsp3) is 0.850. The van der Waals surface area contributed by atoms with E-state index in [9.17, 15) is 20.4 Å². The molecule has 6 nitrogen and oxygen atoms in total. The van der Waals surface area contributed by atoms with Crippen molar-refractivity contribution in [2.45, 2.75) is 155 Å². The predicted molar refractivity (Wildman–Crippen MR) is 179 cm³/mol. The van der Waals surface area contributed by atoms with Gasteiger partial charge < -0.3 is 29.9 Å². The predicted octanol–water partition coefficient (Wildman–Crippen LogP) is 5.73. The molecule has 0 amide bonds. The second kappa shape index (κ2) is 17.1. The Bertz CT molecular complexity index is 993. The summed E-state index contributed by atoms with van der Waals surface area (Å²) in [5.74, 6) is 3.36. The van der Waals surface area contributed by atoms with E-state index < -0.39 is 12.2 Å². The summed E-state index contributed by atoms with van der Waals surface area (Å²) in [4.78, 5) is 0. The van der Waals surface area contributed by atoms with Crippen LogP contribution in [0, 0.1) is 47.3 Å². The molecule has 4 fully saturated rings. The van der Waals surface area contributed by atoms with Crippen molar-refractivity contribution in [3.05, 3.63) is 34.4 Å². The molecule has 0 bridgehead atoms. The molecule has 0 radical (unpaired) electrons. The highest BCUT2D eigenvalue weighted by atomic mass is 16.5. The third kappa shape index (κ3) is 8.76. The van der Waals surface area contributed by atoms with Gasteiger partial charge in [0.1, 0.15) is 0 Å². The van der Waals surface area contributed by atoms with Gasteiger partial charge in [0.15, 0.2) is 0 Å². The Morgan fingerprint density at radius 1 is 0.630 bits per heavy atom. The fourth-order valence-electron chi connectivity index (χ4n) is 10.2. The Balaban J connectivity index is 1.23. The van der Waals surface area contributed by atoms with Gasteiger partial charge in [-0.2, -0.15) is 0 Å². The van der Waals surface area contributed by atoms with E-state index in [2.05, 4.69) is 27.7 Å². The van der Waals surface area contributed by atoms with Crippen molar-refractivity contribution < 1.29 is 29.9 Å². The van der Waals surface area contributed by atoms with Crippen LogP contribution in [-0.2, 0) is 35.5 Å². The van der Waals surface area contributed by atoms with Gasteiger partial charge in [-0.1, -0.05) is 76.3 Å². The van der Waals surface area contributed by atoms with Crippen LogP contribution in [0.5, 0.6) is 0 Å². The monoisotopic (exact) mass is 640 g/mol. The molecule has 4 aliphatic rings. The first-order chi connectivity index (χ1) is 22.2. The summed E-state index contributed by atoms with van der Waals surface area (Å²) in [7, 11) is 0. The minimum atomic E-state index is -0.664. The second-order valence-electron chi connectivity index (χ2n) is 16.1. The minimum Gasteiger partial charge on any atom is -0.852 e. The highest BCUT2D eigenvalue weighted by molar-refractivity contribution is 5.38. The summed E-state index contributed by atoms with van der Waals surface area (Å²) in [6.45, 7) is 10.0. The standard InChI is InChI=1S/C40H64O6/c1-25-11-13-29-7-5-9-35(37(29)23-45-25)27(3)39(43)17-15-31-19-33(21-41)34(22-42)20-32(31)16-18-40(44)28(4)36-10-6-8-30-14-12-26(2)46-24-38(30)36/h19-20,25-30,35-42H,5-18,21-24H2,1-4H3/q-2/t25-,26-,27+,28+,29?,30?,35?,36?,37?,38?,39+,40+/m0/s1. The summed E-state index contributed by atoms with van der Waals surface area (Å²) in [5.41, 5.74) is 3.57. The zero-order valence-corrected chi connectivity index (χ0v) is 29.3. The topological polar surface area (TPSA) is 105 Å². The van der Waals surface area contributed by atoms with Gasteiger partial charge in [-0.15, -0.1) is 12.2 Å². The molecular weight excluding hydrogens is 576 g/mol. The third-order valence-electron chi connectivity index (χ3n) is 13.4. The van der Waals surface area contributed by atoms with Gasteiger partial charge in [-0.05, 0) is 123 Å². The van der Waals surface area contributed by atoms with E-state index in [1.807, 2.05) is 12.1 Å². The van der Waals surface area contributed by atoms with Gasteiger partial charge in [-0.25, -0.2) is 0 Å². The molecule has 262 valence electrons. The van der Waals surface area contributed by atoms with Crippen LogP contribution in [0.15, 0.2) is 12.1 Å². The highest BCUT2D eigenvalue weighted by Crippen LogP contribution is 2.45. The first-order valence-electron chi connectivity index (χ1n) is 19.1. The van der Waals surface area contributed by atoms with Gasteiger partial charge in [0.25, 0.3) is 0 Å². The molecule has 2 N–H and O–H groups in total. The maximum absolute atomic E-state index is 13.8. The molecular formula is C40H64O6-2. The van der Waals surface area contributed by atoms with Crippen molar-refractivity contribution in [3.63, 3.8) is 0 Å². The molecule has 12 atom stereocenters. The molecule has 2 heterocycles. The van der Waals surface area contributed by atoms with Crippen molar-refractivity contribution in [1.82, 2.24) is 0 Å². The Hall–Kier alpha value is -1.02. The number of ether oxygens (including phenoxy) is 2. The lowest BCUT2D eigenvalue weighted by Crippen LogP contribution is -2.43. The lowest BCUT2D eigenvalue weighted by Gasteiger charge is -2.45. The lowest BCUT2D eigenvalue weighted by atomic mass is 9.65. The Labute approximate surface area is 279 Å². The van der Waals surface area contributed by atoms with E-state index in [0.717, 1.165) is 61.2 Å². The zero-order valence-electron chi connectivity index (χ0n) is 29.3. The van der Waals surface area contributed by atoms with Gasteiger partial charge >= 0.3 is 0 Å². The number of aliphatic hydroxyl groups excluding tert-OH is 2. The lowest BCUT2D eigenvalue weighted by molar-refractivity contribution is -0.438. The van der Waals surface area contributed by atoms with E-state index >= 15 is 0 Å². The first kappa shape index (κ1) is 36.3. The Morgan fingerprint density at radius 2 is 1.04 bits per heavy atom. The normalized spacial score (nSPS) is 34.8. The average molecular weight is 641 g/mol. The first-order valence-corrected chi connectivity index (χ1v) is 19.1. The number of aliphatic hydroxyl groups is 2. The summed E-state index contributed by atoms with van der Waals surface area (Å²) in [6, 6.07) is 3.99. The van der Waals surface area contributed by atoms with Crippen molar-refractivity contribution in [2.75, 3.05) is 13.2 Å². The Morgan fingerprint density at radius 3 is 1.43 bits per heavy atom. The largest absolute Gasteiger partial charge is 0.852 e. The maximum Gasteiger partial charge on any atom is 0.0685 e. The maximum atomic E-state index is 13.8. The van der Waals surface area contributed by atoms with Crippen LogP contribution >= 0.6 is 0 Å². The Kier molecular flexibility index (Phi) is 13.5. The number of fused-ring (bicyclic) bond motifs is 2. The molecule has 2 aliphatic heterocycles. The second-order valence-corrected chi connectivity index (χ2v) is 16.1. The number of benzene rings is 1. The molecule has 1 aromatic carbocycles. The molecule has 6 heteroatoms. The van der Waals surface area contributed by atoms with Crippen LogP contribution in [0.25, 0.3) is 0 Å². The average Bonchev–Trinajstić information content (AvgIpc) is 3.40. The molecule has 46 heavy (non-hydrogen) atoms. The van der Waals surface area contributed by atoms with Crippen molar-refractivity contribution in [1.29, 1.82) is 0 Å². The van der Waals surface area contributed by atoms with Crippen molar-refractivity contribution >= 4 is 0 Å². The SMILES string of the molecule is C[C@H](C1CCCC2CC[C@H](C)OCC21)[C@H]([O-])CCc1cc(CO)c(CO)cc1CC[C@@H]([O-])[C@H](C)C1CCCC2CC[C@H](C)OCC21. The number of aryl methyl sites for hydroxylation is 2. The van der Waals surface area contributed by atoms with Crippen LogP contribution in [0.1, 0.15) is 127 Å². The van der Waals surface area contributed by atoms with Gasteiger partial charge in [-0.3, -0.25) is 0 Å².